The lowest BCUT2D eigenvalue weighted by molar-refractivity contribution is -0.127. The molecule has 0 radical (unpaired) electrons. The molecule has 1 atom stereocenters. The Hall–Kier alpha value is -2.81. The predicted octanol–water partition coefficient (Wildman–Crippen LogP) is 1.52. The van der Waals surface area contributed by atoms with Crippen molar-refractivity contribution in [2.75, 3.05) is 25.0 Å². The number of likely N-dealkylation sites (tertiary alicyclic amines) is 1. The van der Waals surface area contributed by atoms with E-state index in [0.29, 0.717) is 19.4 Å². The second-order valence-electron chi connectivity index (χ2n) is 8.34. The van der Waals surface area contributed by atoms with Gasteiger partial charge in [0.1, 0.15) is 6.04 Å². The van der Waals surface area contributed by atoms with E-state index < -0.39 is 6.04 Å². The lowest BCUT2D eigenvalue weighted by atomic mass is 9.99. The minimum absolute atomic E-state index is 0.108. The number of rotatable bonds is 7. The number of piperidine rings is 1. The molecule has 0 unspecified atom stereocenters. The molecule has 0 spiro atoms. The van der Waals surface area contributed by atoms with E-state index in [1.54, 1.807) is 16.6 Å². The normalized spacial score (nSPS) is 19.9. The van der Waals surface area contributed by atoms with Crippen molar-refractivity contribution >= 4 is 17.5 Å². The monoisotopic (exact) mass is 411 g/mol. The van der Waals surface area contributed by atoms with Gasteiger partial charge in [-0.3, -0.25) is 14.5 Å². The summed E-state index contributed by atoms with van der Waals surface area (Å²) in [6.07, 6.45) is 3.34. The van der Waals surface area contributed by atoms with Crippen molar-refractivity contribution in [3.05, 3.63) is 35.7 Å². The van der Waals surface area contributed by atoms with Gasteiger partial charge in [-0.05, 0) is 54.8 Å². The molecule has 2 aromatic rings. The third-order valence-electron chi connectivity index (χ3n) is 6.11. The van der Waals surface area contributed by atoms with E-state index in [0.717, 1.165) is 42.6 Å². The quantitative estimate of drug-likeness (QED) is 0.742. The highest BCUT2D eigenvalue weighted by molar-refractivity contribution is 6.05. The summed E-state index contributed by atoms with van der Waals surface area (Å²) in [5.41, 5.74) is 1.69. The number of fused-ring (bicyclic) bond motifs is 1. The number of amides is 2. The zero-order valence-electron chi connectivity index (χ0n) is 17.6. The van der Waals surface area contributed by atoms with Gasteiger partial charge in [-0.25, -0.2) is 4.68 Å². The first kappa shape index (κ1) is 20.5. The molecule has 1 N–H and O–H groups in total. The number of aromatic nitrogens is 4. The van der Waals surface area contributed by atoms with Crippen LogP contribution in [0.2, 0.25) is 0 Å². The minimum atomic E-state index is -0.608. The van der Waals surface area contributed by atoms with Crippen molar-refractivity contribution in [1.29, 1.82) is 0 Å². The summed E-state index contributed by atoms with van der Waals surface area (Å²) in [5.74, 6) is 1.38. The molecule has 0 aliphatic carbocycles. The molecule has 1 aromatic carbocycles. The number of hydrogen-bond donors (Lipinski definition) is 1. The van der Waals surface area contributed by atoms with Crippen molar-refractivity contribution in [2.45, 2.75) is 51.7 Å². The lowest BCUT2D eigenvalue weighted by Crippen LogP contribution is -2.36. The van der Waals surface area contributed by atoms with E-state index in [9.17, 15) is 9.59 Å². The first-order valence-corrected chi connectivity index (χ1v) is 10.7. The van der Waals surface area contributed by atoms with Crippen molar-refractivity contribution in [1.82, 2.24) is 30.4 Å². The Morgan fingerprint density at radius 2 is 2.00 bits per heavy atom. The number of carbonyl (C=O) groups excluding carboxylic acids is 2. The summed E-state index contributed by atoms with van der Waals surface area (Å²) in [6, 6.07) is 6.94. The SMILES string of the molecule is CC1CCN(Cc2nnnn2CCCC(=O)N[C@H]2C(=O)N(C)c3ccccc32)CC1. The highest BCUT2D eigenvalue weighted by Gasteiger charge is 2.35. The molecule has 2 aliphatic rings. The number of benzene rings is 1. The minimum Gasteiger partial charge on any atom is -0.340 e. The number of tetrazole rings is 1. The van der Waals surface area contributed by atoms with E-state index in [4.69, 9.17) is 0 Å². The van der Waals surface area contributed by atoms with E-state index >= 15 is 0 Å². The highest BCUT2D eigenvalue weighted by atomic mass is 16.2. The molecule has 4 rings (SSSR count). The van der Waals surface area contributed by atoms with E-state index in [1.165, 1.54) is 12.8 Å². The Morgan fingerprint density at radius 3 is 2.80 bits per heavy atom. The summed E-state index contributed by atoms with van der Waals surface area (Å²) in [4.78, 5) is 28.9. The fourth-order valence-corrected chi connectivity index (χ4v) is 4.17. The van der Waals surface area contributed by atoms with Crippen LogP contribution in [0.15, 0.2) is 24.3 Å². The number of hydrogen-bond acceptors (Lipinski definition) is 6. The number of nitrogens with zero attached hydrogens (tertiary/aromatic N) is 6. The molecular weight excluding hydrogens is 382 g/mol. The number of para-hydroxylation sites is 1. The summed E-state index contributed by atoms with van der Waals surface area (Å²) < 4.78 is 1.79. The number of aryl methyl sites for hydroxylation is 1. The molecule has 30 heavy (non-hydrogen) atoms. The van der Waals surface area contributed by atoms with Gasteiger partial charge in [0.2, 0.25) is 5.91 Å². The molecular formula is C21H29N7O2. The van der Waals surface area contributed by atoms with Gasteiger partial charge in [0.15, 0.2) is 5.82 Å². The van der Waals surface area contributed by atoms with Gasteiger partial charge < -0.3 is 10.2 Å². The summed E-state index contributed by atoms with van der Waals surface area (Å²) in [6.45, 7) is 5.76. The molecule has 2 aliphatic heterocycles. The Labute approximate surface area is 176 Å². The first-order valence-electron chi connectivity index (χ1n) is 10.7. The lowest BCUT2D eigenvalue weighted by Gasteiger charge is -2.29. The number of likely N-dealkylation sites (N-methyl/N-ethyl adjacent to an activating group) is 1. The van der Waals surface area contributed by atoms with E-state index in [2.05, 4.69) is 32.7 Å². The molecule has 3 heterocycles. The van der Waals surface area contributed by atoms with Crippen LogP contribution in [0.3, 0.4) is 0 Å². The highest BCUT2D eigenvalue weighted by Crippen LogP contribution is 2.34. The number of anilines is 1. The Bertz CT molecular complexity index is 904. The van der Waals surface area contributed by atoms with Crippen LogP contribution >= 0.6 is 0 Å². The van der Waals surface area contributed by atoms with Gasteiger partial charge in [0, 0.05) is 31.3 Å². The molecule has 0 saturated carbocycles. The summed E-state index contributed by atoms with van der Waals surface area (Å²) in [7, 11) is 1.73. The Kier molecular flexibility index (Phi) is 6.08. The second-order valence-corrected chi connectivity index (χ2v) is 8.34. The summed E-state index contributed by atoms with van der Waals surface area (Å²) in [5, 5.41) is 14.9. The van der Waals surface area contributed by atoms with E-state index in [1.807, 2.05) is 24.3 Å². The molecule has 9 nitrogen and oxygen atoms in total. The van der Waals surface area contributed by atoms with Crippen molar-refractivity contribution < 1.29 is 9.59 Å². The van der Waals surface area contributed by atoms with Crippen LogP contribution in [0.5, 0.6) is 0 Å². The molecule has 1 aromatic heterocycles. The topological polar surface area (TPSA) is 96.2 Å². The first-order chi connectivity index (χ1) is 14.5. The van der Waals surface area contributed by atoms with Gasteiger partial charge >= 0.3 is 0 Å². The van der Waals surface area contributed by atoms with Gasteiger partial charge in [-0.2, -0.15) is 0 Å². The fourth-order valence-electron chi connectivity index (χ4n) is 4.17. The summed E-state index contributed by atoms with van der Waals surface area (Å²) >= 11 is 0. The number of carbonyl (C=O) groups is 2. The van der Waals surface area contributed by atoms with Crippen molar-refractivity contribution in [3.63, 3.8) is 0 Å². The van der Waals surface area contributed by atoms with Crippen LogP contribution in [0.25, 0.3) is 0 Å². The van der Waals surface area contributed by atoms with Gasteiger partial charge in [-0.1, -0.05) is 25.1 Å². The van der Waals surface area contributed by atoms with Crippen LogP contribution in [0, 0.1) is 5.92 Å². The fraction of sp³-hybridized carbons (Fsp3) is 0.571. The molecule has 9 heteroatoms. The standard InChI is InChI=1S/C21H29N7O2/c1-15-9-12-27(13-10-15)14-18-23-24-25-28(18)11-5-8-19(29)22-20-16-6-3-4-7-17(16)26(2)21(20)30/h3-4,6-7,15,20H,5,8-14H2,1-2H3,(H,22,29)/t20-/m1/s1. The van der Waals surface area contributed by atoms with Crippen molar-refractivity contribution in [3.8, 4) is 0 Å². The predicted molar refractivity (Wildman–Crippen MR) is 111 cm³/mol. The molecule has 160 valence electrons. The van der Waals surface area contributed by atoms with Crippen LogP contribution < -0.4 is 10.2 Å². The average Bonchev–Trinajstić information content (AvgIpc) is 3.28. The molecule has 1 fully saturated rings. The van der Waals surface area contributed by atoms with Crippen LogP contribution in [-0.4, -0.2) is 57.1 Å². The maximum Gasteiger partial charge on any atom is 0.254 e. The molecule has 2 amide bonds. The van der Waals surface area contributed by atoms with Gasteiger partial charge in [-0.15, -0.1) is 5.10 Å². The third-order valence-corrected chi connectivity index (χ3v) is 6.11. The third kappa shape index (κ3) is 4.35. The zero-order chi connectivity index (χ0) is 21.1. The smallest absolute Gasteiger partial charge is 0.254 e. The second kappa shape index (κ2) is 8.91. The largest absolute Gasteiger partial charge is 0.340 e. The van der Waals surface area contributed by atoms with Gasteiger partial charge in [0.05, 0.1) is 6.54 Å². The average molecular weight is 412 g/mol. The zero-order valence-corrected chi connectivity index (χ0v) is 17.6. The number of nitrogens with one attached hydrogen (secondary N) is 1. The van der Waals surface area contributed by atoms with Crippen molar-refractivity contribution in [2.24, 2.45) is 5.92 Å². The van der Waals surface area contributed by atoms with Crippen LogP contribution in [0.1, 0.15) is 50.0 Å². The Balaban J connectivity index is 1.27. The van der Waals surface area contributed by atoms with Gasteiger partial charge in [0.25, 0.3) is 5.91 Å². The Morgan fingerprint density at radius 1 is 1.23 bits per heavy atom. The maximum absolute atomic E-state index is 12.5. The molecule has 1 saturated heterocycles. The van der Waals surface area contributed by atoms with Crippen LogP contribution in [0.4, 0.5) is 5.69 Å². The van der Waals surface area contributed by atoms with Crippen LogP contribution in [-0.2, 0) is 22.7 Å². The molecule has 0 bridgehead atoms. The van der Waals surface area contributed by atoms with E-state index in [-0.39, 0.29) is 11.8 Å². The maximum atomic E-state index is 12.5.